The quantitative estimate of drug-likeness (QED) is 0.838. The SMILES string of the molecule is CCCCc1ccc(N2N=C(c3ccco3)CC2=O)cc1. The summed E-state index contributed by atoms with van der Waals surface area (Å²) in [6, 6.07) is 11.7. The van der Waals surface area contributed by atoms with E-state index in [4.69, 9.17) is 4.42 Å². The molecule has 1 aromatic heterocycles. The number of unbranched alkanes of at least 4 members (excludes halogenated alkanes) is 1. The molecular weight excluding hydrogens is 264 g/mol. The maximum absolute atomic E-state index is 12.1. The Hall–Kier alpha value is -2.36. The number of anilines is 1. The number of carbonyl (C=O) groups is 1. The number of hydrogen-bond donors (Lipinski definition) is 0. The van der Waals surface area contributed by atoms with Crippen LogP contribution in [0.15, 0.2) is 52.2 Å². The summed E-state index contributed by atoms with van der Waals surface area (Å²) < 4.78 is 5.30. The predicted octanol–water partition coefficient (Wildman–Crippen LogP) is 3.76. The molecule has 0 bridgehead atoms. The van der Waals surface area contributed by atoms with Crippen molar-refractivity contribution in [2.75, 3.05) is 5.01 Å². The van der Waals surface area contributed by atoms with Gasteiger partial charge in [-0.1, -0.05) is 25.5 Å². The Morgan fingerprint density at radius 2 is 2.05 bits per heavy atom. The molecule has 1 aliphatic rings. The molecule has 0 N–H and O–H groups in total. The van der Waals surface area contributed by atoms with Crippen molar-refractivity contribution in [3.05, 3.63) is 54.0 Å². The van der Waals surface area contributed by atoms with Crippen LogP contribution in [0, 0.1) is 0 Å². The summed E-state index contributed by atoms with van der Waals surface area (Å²) in [6.07, 6.45) is 5.32. The van der Waals surface area contributed by atoms with E-state index in [0.717, 1.165) is 12.1 Å². The van der Waals surface area contributed by atoms with Crippen LogP contribution in [-0.4, -0.2) is 11.6 Å². The lowest BCUT2D eigenvalue weighted by molar-refractivity contribution is -0.116. The van der Waals surface area contributed by atoms with Gasteiger partial charge in [-0.05, 0) is 42.7 Å². The van der Waals surface area contributed by atoms with Crippen LogP contribution in [0.5, 0.6) is 0 Å². The molecule has 0 spiro atoms. The molecule has 1 amide bonds. The Morgan fingerprint density at radius 3 is 2.71 bits per heavy atom. The van der Waals surface area contributed by atoms with Gasteiger partial charge in [0.15, 0.2) is 0 Å². The summed E-state index contributed by atoms with van der Waals surface area (Å²) >= 11 is 0. The molecule has 0 radical (unpaired) electrons. The average Bonchev–Trinajstić information content (AvgIpc) is 3.15. The number of benzene rings is 1. The monoisotopic (exact) mass is 282 g/mol. The van der Waals surface area contributed by atoms with Crippen molar-refractivity contribution in [2.24, 2.45) is 5.10 Å². The highest BCUT2D eigenvalue weighted by atomic mass is 16.3. The van der Waals surface area contributed by atoms with Crippen molar-refractivity contribution >= 4 is 17.3 Å². The van der Waals surface area contributed by atoms with Gasteiger partial charge in [-0.3, -0.25) is 4.79 Å². The van der Waals surface area contributed by atoms with Crippen LogP contribution in [0.25, 0.3) is 0 Å². The van der Waals surface area contributed by atoms with E-state index in [0.29, 0.717) is 11.5 Å². The van der Waals surface area contributed by atoms with Crippen LogP contribution in [0.2, 0.25) is 0 Å². The van der Waals surface area contributed by atoms with Gasteiger partial charge in [0.1, 0.15) is 11.5 Å². The van der Waals surface area contributed by atoms with Gasteiger partial charge in [-0.25, -0.2) is 5.01 Å². The molecule has 0 atom stereocenters. The Morgan fingerprint density at radius 1 is 1.24 bits per heavy atom. The minimum Gasteiger partial charge on any atom is -0.463 e. The second-order valence-electron chi connectivity index (χ2n) is 5.18. The second kappa shape index (κ2) is 5.95. The molecule has 1 aliphatic heterocycles. The van der Waals surface area contributed by atoms with Gasteiger partial charge < -0.3 is 4.42 Å². The molecule has 0 fully saturated rings. The summed E-state index contributed by atoms with van der Waals surface area (Å²) in [6.45, 7) is 2.18. The van der Waals surface area contributed by atoms with E-state index in [9.17, 15) is 4.79 Å². The highest BCUT2D eigenvalue weighted by molar-refractivity contribution is 6.18. The van der Waals surface area contributed by atoms with Crippen LogP contribution in [-0.2, 0) is 11.2 Å². The number of aryl methyl sites for hydroxylation is 1. The lowest BCUT2D eigenvalue weighted by Crippen LogP contribution is -2.19. The number of nitrogens with zero attached hydrogens (tertiary/aromatic N) is 2. The van der Waals surface area contributed by atoms with E-state index in [1.54, 1.807) is 12.3 Å². The maximum atomic E-state index is 12.1. The molecule has 1 aromatic carbocycles. The Kier molecular flexibility index (Phi) is 3.86. The minimum atomic E-state index is -0.0253. The van der Waals surface area contributed by atoms with Crippen molar-refractivity contribution in [3.8, 4) is 0 Å². The molecule has 0 saturated carbocycles. The first-order valence-electron chi connectivity index (χ1n) is 7.31. The third-order valence-electron chi connectivity index (χ3n) is 3.58. The molecule has 2 aromatic rings. The Labute approximate surface area is 124 Å². The molecule has 0 unspecified atom stereocenters. The van der Waals surface area contributed by atoms with Gasteiger partial charge in [0.05, 0.1) is 18.4 Å². The smallest absolute Gasteiger partial charge is 0.253 e. The molecule has 4 heteroatoms. The standard InChI is InChI=1S/C17H18N2O2/c1-2-3-5-13-7-9-14(10-8-13)19-17(20)12-15(18-19)16-6-4-11-21-16/h4,6-11H,2-3,5,12H2,1H3. The normalized spacial score (nSPS) is 14.6. The first-order chi connectivity index (χ1) is 10.3. The molecule has 0 saturated heterocycles. The first kappa shape index (κ1) is 13.6. The van der Waals surface area contributed by atoms with E-state index in [2.05, 4.69) is 24.2 Å². The van der Waals surface area contributed by atoms with Gasteiger partial charge in [0.25, 0.3) is 5.91 Å². The summed E-state index contributed by atoms with van der Waals surface area (Å²) in [7, 11) is 0. The topological polar surface area (TPSA) is 45.8 Å². The molecule has 108 valence electrons. The highest BCUT2D eigenvalue weighted by Crippen LogP contribution is 2.23. The zero-order valence-corrected chi connectivity index (χ0v) is 12.1. The van der Waals surface area contributed by atoms with Gasteiger partial charge in [0, 0.05) is 0 Å². The second-order valence-corrected chi connectivity index (χ2v) is 5.18. The van der Waals surface area contributed by atoms with Crippen LogP contribution >= 0.6 is 0 Å². The van der Waals surface area contributed by atoms with Crippen LogP contribution in [0.1, 0.15) is 37.5 Å². The van der Waals surface area contributed by atoms with Crippen molar-refractivity contribution in [2.45, 2.75) is 32.6 Å². The molecule has 4 nitrogen and oxygen atoms in total. The zero-order valence-electron chi connectivity index (χ0n) is 12.1. The van der Waals surface area contributed by atoms with Crippen molar-refractivity contribution < 1.29 is 9.21 Å². The van der Waals surface area contributed by atoms with Crippen LogP contribution < -0.4 is 5.01 Å². The molecular formula is C17H18N2O2. The van der Waals surface area contributed by atoms with E-state index in [-0.39, 0.29) is 12.3 Å². The molecule has 2 heterocycles. The Bertz CT molecular complexity index is 642. The number of rotatable bonds is 5. The largest absolute Gasteiger partial charge is 0.463 e. The van der Waals surface area contributed by atoms with E-state index < -0.39 is 0 Å². The van der Waals surface area contributed by atoms with Gasteiger partial charge in [-0.15, -0.1) is 0 Å². The summed E-state index contributed by atoms with van der Waals surface area (Å²) in [5.74, 6) is 0.633. The maximum Gasteiger partial charge on any atom is 0.253 e. The summed E-state index contributed by atoms with van der Waals surface area (Å²) in [5, 5.41) is 5.84. The average molecular weight is 282 g/mol. The van der Waals surface area contributed by atoms with Gasteiger partial charge in [-0.2, -0.15) is 5.10 Å². The first-order valence-corrected chi connectivity index (χ1v) is 7.31. The molecule has 0 aliphatic carbocycles. The molecule has 3 rings (SSSR count). The van der Waals surface area contributed by atoms with Crippen LogP contribution in [0.3, 0.4) is 0 Å². The number of furan rings is 1. The predicted molar refractivity (Wildman–Crippen MR) is 82.4 cm³/mol. The zero-order chi connectivity index (χ0) is 14.7. The van der Waals surface area contributed by atoms with Gasteiger partial charge in [0.2, 0.25) is 0 Å². The number of hydrazone groups is 1. The lowest BCUT2D eigenvalue weighted by atomic mass is 10.1. The minimum absolute atomic E-state index is 0.0253. The van der Waals surface area contributed by atoms with E-state index in [1.165, 1.54) is 23.4 Å². The number of carbonyl (C=O) groups excluding carboxylic acids is 1. The Balaban J connectivity index is 1.78. The summed E-state index contributed by atoms with van der Waals surface area (Å²) in [5.41, 5.74) is 2.78. The van der Waals surface area contributed by atoms with E-state index in [1.807, 2.05) is 18.2 Å². The third kappa shape index (κ3) is 2.89. The fourth-order valence-electron chi connectivity index (χ4n) is 2.40. The van der Waals surface area contributed by atoms with Crippen molar-refractivity contribution in [3.63, 3.8) is 0 Å². The lowest BCUT2D eigenvalue weighted by Gasteiger charge is -2.12. The van der Waals surface area contributed by atoms with Gasteiger partial charge >= 0.3 is 0 Å². The summed E-state index contributed by atoms with van der Waals surface area (Å²) in [4.78, 5) is 12.1. The van der Waals surface area contributed by atoms with Crippen molar-refractivity contribution in [1.82, 2.24) is 0 Å². The fourth-order valence-corrected chi connectivity index (χ4v) is 2.40. The highest BCUT2D eigenvalue weighted by Gasteiger charge is 2.27. The van der Waals surface area contributed by atoms with Crippen molar-refractivity contribution in [1.29, 1.82) is 0 Å². The fraction of sp³-hybridized carbons (Fsp3) is 0.294. The van der Waals surface area contributed by atoms with Crippen LogP contribution in [0.4, 0.5) is 5.69 Å². The number of amides is 1. The molecule has 21 heavy (non-hydrogen) atoms. The third-order valence-corrected chi connectivity index (χ3v) is 3.58. The van der Waals surface area contributed by atoms with E-state index >= 15 is 0 Å². The number of hydrogen-bond acceptors (Lipinski definition) is 3.